The number of halogens is 2. The molecule has 9 heteroatoms. The summed E-state index contributed by atoms with van der Waals surface area (Å²) >= 11 is 6.81. The molecule has 1 N–H and O–H groups in total. The predicted molar refractivity (Wildman–Crippen MR) is 137 cm³/mol. The molecule has 1 amide bonds. The summed E-state index contributed by atoms with van der Waals surface area (Å²) in [5.41, 5.74) is 1.11. The molecule has 0 radical (unpaired) electrons. The van der Waals surface area contributed by atoms with Crippen molar-refractivity contribution in [2.75, 3.05) is 26.1 Å². The lowest BCUT2D eigenvalue weighted by molar-refractivity contribution is -0.118. The molecule has 1 heterocycles. The highest BCUT2D eigenvalue weighted by Gasteiger charge is 2.21. The van der Waals surface area contributed by atoms with E-state index in [1.165, 1.54) is 14.2 Å². The number of amides is 1. The van der Waals surface area contributed by atoms with Crippen LogP contribution in [-0.2, 0) is 4.79 Å². The molecule has 0 atom stereocenters. The highest BCUT2D eigenvalue weighted by atomic mass is 79.9. The largest absolute Gasteiger partial charge is 0.493 e. The van der Waals surface area contributed by atoms with E-state index >= 15 is 0 Å². The smallest absolute Gasteiger partial charge is 0.262 e. The third kappa shape index (κ3) is 4.95. The molecular formula is C25H19Br2NO6. The molecule has 0 aliphatic rings. The number of para-hydroxylation sites is 1. The number of nitrogens with one attached hydrogen (secondary N) is 1. The molecule has 0 aliphatic carbocycles. The number of benzene rings is 3. The molecule has 0 saturated carbocycles. The van der Waals surface area contributed by atoms with Gasteiger partial charge in [-0.1, -0.05) is 28.1 Å². The first-order valence-electron chi connectivity index (χ1n) is 10.1. The van der Waals surface area contributed by atoms with E-state index in [0.29, 0.717) is 38.2 Å². The van der Waals surface area contributed by atoms with Gasteiger partial charge in [0.05, 0.1) is 24.1 Å². The molecule has 34 heavy (non-hydrogen) atoms. The van der Waals surface area contributed by atoms with E-state index in [-0.39, 0.29) is 23.5 Å². The molecule has 0 unspecified atom stereocenters. The maximum absolute atomic E-state index is 13.3. The molecule has 3 aromatic carbocycles. The highest BCUT2D eigenvalue weighted by molar-refractivity contribution is 9.10. The summed E-state index contributed by atoms with van der Waals surface area (Å²) < 4.78 is 24.1. The second-order valence-electron chi connectivity index (χ2n) is 7.12. The van der Waals surface area contributed by atoms with Crippen LogP contribution in [0.5, 0.6) is 17.2 Å². The van der Waals surface area contributed by atoms with Gasteiger partial charge in [-0.3, -0.25) is 9.59 Å². The van der Waals surface area contributed by atoms with Crippen LogP contribution in [0, 0.1) is 0 Å². The second-order valence-corrected chi connectivity index (χ2v) is 8.89. The summed E-state index contributed by atoms with van der Waals surface area (Å²) in [5.74, 6) is 0.590. The number of carbonyl (C=O) groups is 1. The van der Waals surface area contributed by atoms with Crippen LogP contribution in [0.3, 0.4) is 0 Å². The number of fused-ring (bicyclic) bond motifs is 1. The molecule has 1 aromatic heterocycles. The van der Waals surface area contributed by atoms with Gasteiger partial charge in [-0.25, -0.2) is 0 Å². The van der Waals surface area contributed by atoms with Crippen molar-refractivity contribution in [2.24, 2.45) is 0 Å². The van der Waals surface area contributed by atoms with Crippen LogP contribution in [0.4, 0.5) is 5.69 Å². The average molecular weight is 589 g/mol. The van der Waals surface area contributed by atoms with Gasteiger partial charge in [0.1, 0.15) is 5.58 Å². The standard InChI is InChI=1S/C25H19Br2NO6/c1-31-20-12-14(11-18(27)24(20)32-2)23-25(22(30)17-5-3-4-6-19(17)34-23)33-13-21(29)28-16-9-7-15(26)8-10-16/h3-12H,13H2,1-2H3,(H,28,29). The number of hydrogen-bond acceptors (Lipinski definition) is 6. The molecule has 0 fully saturated rings. The minimum absolute atomic E-state index is 0.0798. The maximum Gasteiger partial charge on any atom is 0.262 e. The molecule has 7 nitrogen and oxygen atoms in total. The molecule has 4 rings (SSSR count). The van der Waals surface area contributed by atoms with Gasteiger partial charge in [0.25, 0.3) is 5.91 Å². The van der Waals surface area contributed by atoms with E-state index in [4.69, 9.17) is 18.6 Å². The Morgan fingerprint density at radius 2 is 1.71 bits per heavy atom. The molecule has 174 valence electrons. The van der Waals surface area contributed by atoms with Gasteiger partial charge in [0.15, 0.2) is 23.9 Å². The molecule has 0 spiro atoms. The van der Waals surface area contributed by atoms with Crippen molar-refractivity contribution in [1.29, 1.82) is 0 Å². The van der Waals surface area contributed by atoms with Crippen molar-refractivity contribution in [3.05, 3.63) is 79.8 Å². The van der Waals surface area contributed by atoms with Gasteiger partial charge in [-0.05, 0) is 64.5 Å². The van der Waals surface area contributed by atoms with Crippen LogP contribution in [0.1, 0.15) is 0 Å². The van der Waals surface area contributed by atoms with Crippen LogP contribution in [0.2, 0.25) is 0 Å². The third-order valence-corrected chi connectivity index (χ3v) is 6.05. The van der Waals surface area contributed by atoms with Crippen molar-refractivity contribution in [3.8, 4) is 28.6 Å². The van der Waals surface area contributed by atoms with Gasteiger partial charge in [-0.2, -0.15) is 0 Å². The topological polar surface area (TPSA) is 87.0 Å². The summed E-state index contributed by atoms with van der Waals surface area (Å²) in [5, 5.41) is 3.08. The minimum Gasteiger partial charge on any atom is -0.493 e. The van der Waals surface area contributed by atoms with E-state index in [0.717, 1.165) is 4.47 Å². The van der Waals surface area contributed by atoms with Gasteiger partial charge in [-0.15, -0.1) is 0 Å². The van der Waals surface area contributed by atoms with Crippen molar-refractivity contribution in [1.82, 2.24) is 0 Å². The zero-order chi connectivity index (χ0) is 24.2. The average Bonchev–Trinajstić information content (AvgIpc) is 2.84. The quantitative estimate of drug-likeness (QED) is 0.284. The van der Waals surface area contributed by atoms with E-state index in [2.05, 4.69) is 37.2 Å². The lowest BCUT2D eigenvalue weighted by Crippen LogP contribution is -2.22. The zero-order valence-electron chi connectivity index (χ0n) is 18.2. The van der Waals surface area contributed by atoms with Gasteiger partial charge < -0.3 is 23.9 Å². The van der Waals surface area contributed by atoms with Crippen molar-refractivity contribution < 1.29 is 23.4 Å². The Kier molecular flexibility index (Phi) is 7.23. The summed E-state index contributed by atoms with van der Waals surface area (Å²) in [6.07, 6.45) is 0. The minimum atomic E-state index is -0.422. The first kappa shape index (κ1) is 23.8. The lowest BCUT2D eigenvalue weighted by Gasteiger charge is -2.15. The van der Waals surface area contributed by atoms with Gasteiger partial charge >= 0.3 is 0 Å². The van der Waals surface area contributed by atoms with Crippen LogP contribution in [0.25, 0.3) is 22.3 Å². The number of anilines is 1. The van der Waals surface area contributed by atoms with Gasteiger partial charge in [0, 0.05) is 15.7 Å². The number of methoxy groups -OCH3 is 2. The summed E-state index contributed by atoms with van der Waals surface area (Å²) in [6, 6.07) is 17.3. The number of ether oxygens (including phenoxy) is 3. The van der Waals surface area contributed by atoms with Crippen molar-refractivity contribution in [2.45, 2.75) is 0 Å². The Balaban J connectivity index is 1.74. The molecule has 0 saturated heterocycles. The molecular weight excluding hydrogens is 570 g/mol. The lowest BCUT2D eigenvalue weighted by atomic mass is 10.1. The first-order valence-corrected chi connectivity index (χ1v) is 11.7. The summed E-state index contributed by atoms with van der Waals surface area (Å²) in [7, 11) is 3.03. The highest BCUT2D eigenvalue weighted by Crippen LogP contribution is 2.41. The van der Waals surface area contributed by atoms with E-state index in [1.54, 1.807) is 48.5 Å². The predicted octanol–water partition coefficient (Wildman–Crippen LogP) is 6.02. The van der Waals surface area contributed by atoms with Crippen LogP contribution in [-0.4, -0.2) is 26.7 Å². The molecule has 4 aromatic rings. The van der Waals surface area contributed by atoms with Crippen LogP contribution in [0.15, 0.2) is 78.8 Å². The second kappa shape index (κ2) is 10.3. The van der Waals surface area contributed by atoms with Crippen molar-refractivity contribution >= 4 is 54.4 Å². The summed E-state index contributed by atoms with van der Waals surface area (Å²) in [6.45, 7) is -0.388. The number of carbonyl (C=O) groups excluding carboxylic acids is 1. The SMILES string of the molecule is COc1cc(-c2oc3ccccc3c(=O)c2OCC(=O)Nc2ccc(Br)cc2)cc(Br)c1OC. The monoisotopic (exact) mass is 587 g/mol. The van der Waals surface area contributed by atoms with E-state index < -0.39 is 5.91 Å². The van der Waals surface area contributed by atoms with Crippen LogP contribution >= 0.6 is 31.9 Å². The maximum atomic E-state index is 13.3. The Morgan fingerprint density at radius 3 is 2.41 bits per heavy atom. The van der Waals surface area contributed by atoms with E-state index in [1.807, 2.05) is 12.1 Å². The first-order chi connectivity index (χ1) is 16.4. The Morgan fingerprint density at radius 1 is 0.971 bits per heavy atom. The Labute approximate surface area is 211 Å². The number of rotatable bonds is 7. The molecule has 0 bridgehead atoms. The molecule has 0 aliphatic heterocycles. The third-order valence-electron chi connectivity index (χ3n) is 4.93. The van der Waals surface area contributed by atoms with Crippen molar-refractivity contribution in [3.63, 3.8) is 0 Å². The summed E-state index contributed by atoms with van der Waals surface area (Å²) in [4.78, 5) is 25.8. The van der Waals surface area contributed by atoms with E-state index in [9.17, 15) is 9.59 Å². The fourth-order valence-corrected chi connectivity index (χ4v) is 4.23. The van der Waals surface area contributed by atoms with Crippen LogP contribution < -0.4 is 25.0 Å². The Bertz CT molecular complexity index is 1420. The fraction of sp³-hybridized carbons (Fsp3) is 0.120. The Hall–Kier alpha value is -3.30. The zero-order valence-corrected chi connectivity index (χ0v) is 21.4. The fourth-order valence-electron chi connectivity index (χ4n) is 3.36. The van der Waals surface area contributed by atoms with Gasteiger partial charge in [0.2, 0.25) is 11.2 Å². The normalized spacial score (nSPS) is 10.7. The number of hydrogen-bond donors (Lipinski definition) is 1.